The van der Waals surface area contributed by atoms with E-state index in [9.17, 15) is 21.6 Å². The highest BCUT2D eigenvalue weighted by atomic mass is 79.9. The van der Waals surface area contributed by atoms with Crippen LogP contribution in [0.25, 0.3) is 10.9 Å². The number of fused-ring (bicyclic) bond motifs is 1. The van der Waals surface area contributed by atoms with Gasteiger partial charge in [0, 0.05) is 36.5 Å². The standard InChI is InChI=1S/C25H32BrN5O2S.C2HF3O2/c1-3-31(2)24-20-8-4-6-10-22(20)29-25(30-24)27-16-18-12-14-19(15-13-18)17-28-34(32,33)23-11-7-5-9-21(23)26;3-2(4,5)1(6)7/h4-11,18-19,28H,3,12-17H2,1-2H3,(H,27,29,30);(H,6,7). The van der Waals surface area contributed by atoms with Gasteiger partial charge in [0.25, 0.3) is 0 Å². The fraction of sp³-hybridized carbons (Fsp3) is 0.444. The summed E-state index contributed by atoms with van der Waals surface area (Å²) in [7, 11) is -1.47. The van der Waals surface area contributed by atoms with E-state index >= 15 is 0 Å². The van der Waals surface area contributed by atoms with Gasteiger partial charge in [-0.15, -0.1) is 0 Å². The predicted molar refractivity (Wildman–Crippen MR) is 155 cm³/mol. The Morgan fingerprint density at radius 1 is 1.02 bits per heavy atom. The molecule has 0 bridgehead atoms. The number of rotatable bonds is 9. The van der Waals surface area contributed by atoms with Crippen molar-refractivity contribution >= 4 is 54.6 Å². The van der Waals surface area contributed by atoms with Crippen LogP contribution >= 0.6 is 15.9 Å². The number of benzene rings is 2. The topological polar surface area (TPSA) is 125 Å². The molecule has 3 N–H and O–H groups in total. The van der Waals surface area contributed by atoms with Gasteiger partial charge in [0.05, 0.1) is 10.4 Å². The Morgan fingerprint density at radius 3 is 2.17 bits per heavy atom. The van der Waals surface area contributed by atoms with Crippen molar-refractivity contribution in [1.29, 1.82) is 0 Å². The molecule has 1 aliphatic rings. The summed E-state index contributed by atoms with van der Waals surface area (Å²) < 4.78 is 60.4. The first kappa shape index (κ1) is 32.5. The molecule has 3 aromatic rings. The van der Waals surface area contributed by atoms with Crippen molar-refractivity contribution in [3.8, 4) is 0 Å². The Bertz CT molecular complexity index is 1430. The Kier molecular flexibility index (Phi) is 11.3. The van der Waals surface area contributed by atoms with Crippen molar-refractivity contribution < 1.29 is 31.5 Å². The van der Waals surface area contributed by atoms with Gasteiger partial charge in [-0.1, -0.05) is 24.3 Å². The van der Waals surface area contributed by atoms with Gasteiger partial charge in [-0.05, 0) is 84.6 Å². The monoisotopic (exact) mass is 659 g/mol. The van der Waals surface area contributed by atoms with Crippen LogP contribution in [0, 0.1) is 11.8 Å². The molecule has 1 heterocycles. The second kappa shape index (κ2) is 14.3. The van der Waals surface area contributed by atoms with Gasteiger partial charge in [0.15, 0.2) is 0 Å². The highest BCUT2D eigenvalue weighted by Crippen LogP contribution is 2.30. The minimum atomic E-state index is -5.08. The Morgan fingerprint density at radius 2 is 1.59 bits per heavy atom. The minimum absolute atomic E-state index is 0.288. The van der Waals surface area contributed by atoms with E-state index in [0.29, 0.717) is 28.8 Å². The zero-order valence-corrected chi connectivity index (χ0v) is 25.1. The van der Waals surface area contributed by atoms with Crippen LogP contribution in [0.2, 0.25) is 0 Å². The maximum absolute atomic E-state index is 12.6. The van der Waals surface area contributed by atoms with Gasteiger partial charge < -0.3 is 15.3 Å². The number of halogens is 4. The lowest BCUT2D eigenvalue weighted by Gasteiger charge is -2.29. The van der Waals surface area contributed by atoms with E-state index in [1.165, 1.54) is 0 Å². The van der Waals surface area contributed by atoms with Gasteiger partial charge in [-0.25, -0.2) is 22.9 Å². The van der Waals surface area contributed by atoms with E-state index in [1.807, 2.05) is 31.3 Å². The van der Waals surface area contributed by atoms with Crippen molar-refractivity contribution in [3.63, 3.8) is 0 Å². The summed E-state index contributed by atoms with van der Waals surface area (Å²) in [6.45, 7) is 4.28. The fourth-order valence-corrected chi connectivity index (χ4v) is 6.54. The summed E-state index contributed by atoms with van der Waals surface area (Å²) in [4.78, 5) is 20.8. The maximum Gasteiger partial charge on any atom is 0.490 e. The van der Waals surface area contributed by atoms with Crippen LogP contribution in [0.5, 0.6) is 0 Å². The Balaban J connectivity index is 0.000000587. The summed E-state index contributed by atoms with van der Waals surface area (Å²) in [6, 6.07) is 15.0. The second-order valence-corrected chi connectivity index (χ2v) is 12.3. The molecule has 0 radical (unpaired) electrons. The van der Waals surface area contributed by atoms with Crippen LogP contribution in [0.4, 0.5) is 24.9 Å². The minimum Gasteiger partial charge on any atom is -0.475 e. The average molecular weight is 661 g/mol. The molecule has 224 valence electrons. The number of aromatic nitrogens is 2. The molecule has 9 nitrogen and oxygen atoms in total. The molecule has 0 atom stereocenters. The average Bonchev–Trinajstić information content (AvgIpc) is 2.94. The third-order valence-corrected chi connectivity index (χ3v) is 9.30. The second-order valence-electron chi connectivity index (χ2n) is 9.76. The zero-order valence-electron chi connectivity index (χ0n) is 22.7. The van der Waals surface area contributed by atoms with Crippen molar-refractivity contribution in [2.75, 3.05) is 36.9 Å². The smallest absolute Gasteiger partial charge is 0.475 e. The third kappa shape index (κ3) is 9.27. The fourth-order valence-electron chi connectivity index (χ4n) is 4.42. The number of sulfonamides is 1. The highest BCUT2D eigenvalue weighted by Gasteiger charge is 2.38. The van der Waals surface area contributed by atoms with E-state index in [0.717, 1.165) is 55.5 Å². The molecular weight excluding hydrogens is 627 g/mol. The number of carbonyl (C=O) groups is 1. The molecule has 1 aliphatic carbocycles. The Labute approximate surface area is 245 Å². The molecule has 0 saturated heterocycles. The molecular formula is C27H33BrF3N5O4S. The summed E-state index contributed by atoms with van der Waals surface area (Å²) >= 11 is 3.33. The maximum atomic E-state index is 12.6. The number of alkyl halides is 3. The summed E-state index contributed by atoms with van der Waals surface area (Å²) in [5, 5.41) is 11.6. The first-order chi connectivity index (χ1) is 19.3. The third-order valence-electron chi connectivity index (χ3n) is 6.86. The van der Waals surface area contributed by atoms with Crippen LogP contribution in [0.15, 0.2) is 57.9 Å². The number of para-hydroxylation sites is 1. The van der Waals surface area contributed by atoms with Gasteiger partial charge in [0.1, 0.15) is 5.82 Å². The molecule has 2 aromatic carbocycles. The van der Waals surface area contributed by atoms with Crippen molar-refractivity contribution in [2.24, 2.45) is 11.8 Å². The van der Waals surface area contributed by atoms with E-state index in [1.54, 1.807) is 18.2 Å². The lowest BCUT2D eigenvalue weighted by molar-refractivity contribution is -0.192. The van der Waals surface area contributed by atoms with Gasteiger partial charge >= 0.3 is 12.1 Å². The van der Waals surface area contributed by atoms with Crippen molar-refractivity contribution in [3.05, 3.63) is 53.0 Å². The first-order valence-corrected chi connectivity index (χ1v) is 15.4. The predicted octanol–water partition coefficient (Wildman–Crippen LogP) is 5.68. The summed E-state index contributed by atoms with van der Waals surface area (Å²) in [6.07, 6.45) is -0.950. The van der Waals surface area contributed by atoms with Crippen LogP contribution in [0.3, 0.4) is 0 Å². The molecule has 41 heavy (non-hydrogen) atoms. The molecule has 0 spiro atoms. The molecule has 0 unspecified atom stereocenters. The summed E-state index contributed by atoms with van der Waals surface area (Å²) in [5.74, 6) is -0.268. The van der Waals surface area contributed by atoms with Gasteiger partial charge in [-0.3, -0.25) is 0 Å². The SMILES string of the molecule is CCN(C)c1nc(NCC2CCC(CNS(=O)(=O)c3ccccc3Br)CC2)nc2ccccc12.O=C(O)C(F)(F)F. The number of hydrogen-bond donors (Lipinski definition) is 3. The number of nitrogens with zero attached hydrogens (tertiary/aromatic N) is 3. The van der Waals surface area contributed by atoms with Crippen LogP contribution in [-0.2, 0) is 14.8 Å². The van der Waals surface area contributed by atoms with Crippen LogP contribution in [0.1, 0.15) is 32.6 Å². The molecule has 1 fully saturated rings. The molecule has 0 aliphatic heterocycles. The number of anilines is 2. The largest absolute Gasteiger partial charge is 0.490 e. The van der Waals surface area contributed by atoms with E-state index in [-0.39, 0.29) is 4.90 Å². The van der Waals surface area contributed by atoms with Crippen LogP contribution < -0.4 is 14.9 Å². The van der Waals surface area contributed by atoms with Crippen molar-refractivity contribution in [2.45, 2.75) is 43.7 Å². The highest BCUT2D eigenvalue weighted by molar-refractivity contribution is 9.10. The van der Waals surface area contributed by atoms with Crippen LogP contribution in [-0.4, -0.2) is 62.3 Å². The Hall–Kier alpha value is -2.97. The molecule has 4 rings (SSSR count). The molecule has 1 aromatic heterocycles. The number of nitrogens with one attached hydrogen (secondary N) is 2. The van der Waals surface area contributed by atoms with E-state index in [2.05, 4.69) is 43.9 Å². The van der Waals surface area contributed by atoms with E-state index < -0.39 is 22.2 Å². The van der Waals surface area contributed by atoms with Gasteiger partial charge in [0.2, 0.25) is 16.0 Å². The number of aliphatic carboxylic acids is 1. The molecule has 0 amide bonds. The van der Waals surface area contributed by atoms with Gasteiger partial charge in [-0.2, -0.15) is 18.2 Å². The number of carboxylic acid groups (broad SMARTS) is 1. The quantitative estimate of drug-likeness (QED) is 0.268. The molecule has 14 heteroatoms. The first-order valence-electron chi connectivity index (χ1n) is 13.1. The van der Waals surface area contributed by atoms with Crippen molar-refractivity contribution in [1.82, 2.24) is 14.7 Å². The van der Waals surface area contributed by atoms with E-state index in [4.69, 9.17) is 19.9 Å². The molecule has 1 saturated carbocycles. The number of carboxylic acids is 1. The number of hydrogen-bond acceptors (Lipinski definition) is 7. The lowest BCUT2D eigenvalue weighted by atomic mass is 9.82. The zero-order chi connectivity index (χ0) is 30.2. The normalized spacial score (nSPS) is 17.4. The lowest BCUT2D eigenvalue weighted by Crippen LogP contribution is -2.32. The summed E-state index contributed by atoms with van der Waals surface area (Å²) in [5.41, 5.74) is 0.941.